The summed E-state index contributed by atoms with van der Waals surface area (Å²) < 4.78 is 5.64. The largest absolute Gasteiger partial charge is 0.480 e. The summed E-state index contributed by atoms with van der Waals surface area (Å²) in [6.07, 6.45) is 9.32. The van der Waals surface area contributed by atoms with E-state index in [0.717, 1.165) is 22.3 Å². The second-order valence-electron chi connectivity index (χ2n) is 4.56. The third kappa shape index (κ3) is 1.94. The first-order valence-electron chi connectivity index (χ1n) is 6.57. The summed E-state index contributed by atoms with van der Waals surface area (Å²) in [5.74, 6) is 3.31. The molecule has 1 N–H and O–H groups in total. The second-order valence-corrected chi connectivity index (χ2v) is 4.56. The summed E-state index contributed by atoms with van der Waals surface area (Å²) >= 11 is 0. The summed E-state index contributed by atoms with van der Waals surface area (Å²) in [5, 5.41) is 2.42. The summed E-state index contributed by atoms with van der Waals surface area (Å²) in [5.41, 5.74) is 3.25. The highest BCUT2D eigenvalue weighted by atomic mass is 16.5. The molecule has 2 heteroatoms. The predicted octanol–water partition coefficient (Wildman–Crippen LogP) is 4.37. The minimum absolute atomic E-state index is 0.274. The fourth-order valence-corrected chi connectivity index (χ4v) is 2.50. The quantitative estimate of drug-likeness (QED) is 0.696. The van der Waals surface area contributed by atoms with Crippen molar-refractivity contribution in [2.24, 2.45) is 0 Å². The van der Waals surface area contributed by atoms with E-state index in [9.17, 15) is 0 Å². The summed E-state index contributed by atoms with van der Waals surface area (Å²) in [6, 6.07) is 12.3. The molecule has 0 saturated carbocycles. The molecule has 0 bridgehead atoms. The average Bonchev–Trinajstić information content (AvgIpc) is 2.85. The topological polar surface area (TPSA) is 25.0 Å². The van der Waals surface area contributed by atoms with Gasteiger partial charge in [0, 0.05) is 21.9 Å². The Morgan fingerprint density at radius 2 is 2.05 bits per heavy atom. The Bertz CT molecular complexity index is 834. The number of hydrogen-bond acceptors (Lipinski definition) is 1. The Kier molecular flexibility index (Phi) is 3.18. The molecule has 98 valence electrons. The van der Waals surface area contributed by atoms with E-state index in [0.29, 0.717) is 0 Å². The first kappa shape index (κ1) is 12.4. The van der Waals surface area contributed by atoms with Crippen LogP contribution in [0.1, 0.15) is 12.5 Å². The Morgan fingerprint density at radius 1 is 1.20 bits per heavy atom. The third-order valence-corrected chi connectivity index (χ3v) is 3.33. The molecule has 2 nitrogen and oxygen atoms in total. The number of rotatable bonds is 3. The van der Waals surface area contributed by atoms with Gasteiger partial charge in [-0.15, -0.1) is 6.42 Å². The van der Waals surface area contributed by atoms with Gasteiger partial charge in [-0.3, -0.25) is 0 Å². The zero-order valence-corrected chi connectivity index (χ0v) is 11.3. The van der Waals surface area contributed by atoms with Gasteiger partial charge < -0.3 is 9.72 Å². The fourth-order valence-electron chi connectivity index (χ4n) is 2.50. The van der Waals surface area contributed by atoms with Gasteiger partial charge in [0.1, 0.15) is 12.4 Å². The first-order valence-corrected chi connectivity index (χ1v) is 6.57. The van der Waals surface area contributed by atoms with Gasteiger partial charge in [-0.1, -0.05) is 36.3 Å². The minimum Gasteiger partial charge on any atom is -0.480 e. The first-order chi connectivity index (χ1) is 9.85. The zero-order chi connectivity index (χ0) is 13.9. The van der Waals surface area contributed by atoms with Gasteiger partial charge in [-0.2, -0.15) is 0 Å². The molecule has 2 aromatic carbocycles. The molecule has 0 fully saturated rings. The van der Waals surface area contributed by atoms with E-state index >= 15 is 0 Å². The Labute approximate surface area is 118 Å². The SMILES string of the molecule is C#CCOc1ccc2c([nH]c3ccccc32)c1C=CC. The van der Waals surface area contributed by atoms with Crippen LogP contribution in [-0.4, -0.2) is 11.6 Å². The fraction of sp³-hybridized carbons (Fsp3) is 0.111. The number of terminal acetylenes is 1. The van der Waals surface area contributed by atoms with E-state index < -0.39 is 0 Å². The van der Waals surface area contributed by atoms with E-state index in [1.165, 1.54) is 10.8 Å². The highest BCUT2D eigenvalue weighted by molar-refractivity contribution is 6.10. The molecule has 0 saturated heterocycles. The molecule has 0 aliphatic carbocycles. The molecule has 0 amide bonds. The molecular formula is C18H15NO. The molecule has 1 heterocycles. The molecule has 0 radical (unpaired) electrons. The van der Waals surface area contributed by atoms with E-state index in [2.05, 4.69) is 29.1 Å². The molecule has 0 aliphatic heterocycles. The van der Waals surface area contributed by atoms with Gasteiger partial charge in [0.25, 0.3) is 0 Å². The number of allylic oxidation sites excluding steroid dienone is 1. The molecule has 20 heavy (non-hydrogen) atoms. The van der Waals surface area contributed by atoms with Crippen LogP contribution in [-0.2, 0) is 0 Å². The Balaban J connectivity index is 2.31. The van der Waals surface area contributed by atoms with Crippen molar-refractivity contribution in [3.05, 3.63) is 48.0 Å². The summed E-state index contributed by atoms with van der Waals surface area (Å²) in [4.78, 5) is 3.47. The van der Waals surface area contributed by atoms with Gasteiger partial charge in [0.15, 0.2) is 0 Å². The molecule has 1 aromatic heterocycles. The number of nitrogens with one attached hydrogen (secondary N) is 1. The number of fused-ring (bicyclic) bond motifs is 3. The number of ether oxygens (including phenoxy) is 1. The normalized spacial score (nSPS) is 11.2. The van der Waals surface area contributed by atoms with Crippen molar-refractivity contribution in [1.82, 2.24) is 4.98 Å². The van der Waals surface area contributed by atoms with Crippen LogP contribution in [0.25, 0.3) is 27.9 Å². The molecule has 0 aliphatic rings. The Morgan fingerprint density at radius 3 is 2.85 bits per heavy atom. The number of benzene rings is 2. The van der Waals surface area contributed by atoms with Crippen molar-refractivity contribution in [2.45, 2.75) is 6.92 Å². The molecule has 3 rings (SSSR count). The van der Waals surface area contributed by atoms with E-state index in [4.69, 9.17) is 11.2 Å². The number of para-hydroxylation sites is 1. The van der Waals surface area contributed by atoms with Gasteiger partial charge in [0.05, 0.1) is 5.52 Å². The van der Waals surface area contributed by atoms with Gasteiger partial charge in [-0.25, -0.2) is 0 Å². The van der Waals surface area contributed by atoms with Crippen molar-refractivity contribution < 1.29 is 4.74 Å². The van der Waals surface area contributed by atoms with Crippen LogP contribution in [0.3, 0.4) is 0 Å². The summed E-state index contributed by atoms with van der Waals surface area (Å²) in [6.45, 7) is 2.27. The average molecular weight is 261 g/mol. The number of hydrogen-bond donors (Lipinski definition) is 1. The van der Waals surface area contributed by atoms with Crippen LogP contribution in [0.4, 0.5) is 0 Å². The molecular weight excluding hydrogens is 246 g/mol. The third-order valence-electron chi connectivity index (χ3n) is 3.33. The van der Waals surface area contributed by atoms with Gasteiger partial charge in [0.2, 0.25) is 0 Å². The predicted molar refractivity (Wildman–Crippen MR) is 84.8 cm³/mol. The Hall–Kier alpha value is -2.66. The lowest BCUT2D eigenvalue weighted by atomic mass is 10.1. The maximum absolute atomic E-state index is 5.64. The van der Waals surface area contributed by atoms with Crippen LogP contribution >= 0.6 is 0 Å². The molecule has 0 spiro atoms. The highest BCUT2D eigenvalue weighted by Crippen LogP contribution is 2.33. The van der Waals surface area contributed by atoms with Crippen molar-refractivity contribution >= 4 is 27.9 Å². The van der Waals surface area contributed by atoms with E-state index in [1.54, 1.807) is 0 Å². The number of aromatic nitrogens is 1. The maximum Gasteiger partial charge on any atom is 0.148 e. The van der Waals surface area contributed by atoms with E-state index in [1.807, 2.05) is 37.3 Å². The van der Waals surface area contributed by atoms with Crippen molar-refractivity contribution in [3.8, 4) is 18.1 Å². The lowest BCUT2D eigenvalue weighted by molar-refractivity contribution is 0.370. The van der Waals surface area contributed by atoms with Crippen LogP contribution < -0.4 is 4.74 Å². The highest BCUT2D eigenvalue weighted by Gasteiger charge is 2.10. The lowest BCUT2D eigenvalue weighted by Gasteiger charge is -2.07. The monoisotopic (exact) mass is 261 g/mol. The van der Waals surface area contributed by atoms with Crippen LogP contribution in [0, 0.1) is 12.3 Å². The summed E-state index contributed by atoms with van der Waals surface area (Å²) in [7, 11) is 0. The van der Waals surface area contributed by atoms with E-state index in [-0.39, 0.29) is 6.61 Å². The van der Waals surface area contributed by atoms with Crippen LogP contribution in [0.2, 0.25) is 0 Å². The lowest BCUT2D eigenvalue weighted by Crippen LogP contribution is -1.96. The van der Waals surface area contributed by atoms with Crippen molar-refractivity contribution in [2.75, 3.05) is 6.61 Å². The number of H-pyrrole nitrogens is 1. The van der Waals surface area contributed by atoms with Crippen molar-refractivity contribution in [3.63, 3.8) is 0 Å². The standard InChI is InChI=1S/C18H15NO/c1-3-7-15-17(20-12-4-2)11-10-14-13-8-5-6-9-16(13)19-18(14)15/h2-3,5-11,19H,12H2,1H3. The van der Waals surface area contributed by atoms with Crippen molar-refractivity contribution in [1.29, 1.82) is 0 Å². The second kappa shape index (κ2) is 5.14. The maximum atomic E-state index is 5.64. The van der Waals surface area contributed by atoms with Crippen LogP contribution in [0.5, 0.6) is 5.75 Å². The van der Waals surface area contributed by atoms with Gasteiger partial charge >= 0.3 is 0 Å². The molecule has 0 atom stereocenters. The molecule has 3 aromatic rings. The zero-order valence-electron chi connectivity index (χ0n) is 11.3. The number of aromatic amines is 1. The van der Waals surface area contributed by atoms with Gasteiger partial charge in [-0.05, 0) is 25.1 Å². The smallest absolute Gasteiger partial charge is 0.148 e. The van der Waals surface area contributed by atoms with Crippen LogP contribution in [0.15, 0.2) is 42.5 Å². The molecule has 0 unspecified atom stereocenters. The minimum atomic E-state index is 0.274.